The highest BCUT2D eigenvalue weighted by Crippen LogP contribution is 2.19. The number of alkyl halides is 3. The summed E-state index contributed by atoms with van der Waals surface area (Å²) in [6, 6.07) is 14.6. The maximum absolute atomic E-state index is 12.4. The topological polar surface area (TPSA) is 88.2 Å². The van der Waals surface area contributed by atoms with Crippen LogP contribution < -0.4 is 0 Å². The second-order valence-corrected chi connectivity index (χ2v) is 7.89. The average molecular weight is 501 g/mol. The molecule has 0 aliphatic heterocycles. The van der Waals surface area contributed by atoms with Gasteiger partial charge in [-0.15, -0.1) is 5.10 Å². The molecule has 1 heterocycles. The summed E-state index contributed by atoms with van der Waals surface area (Å²) in [7, 11) is 0. The molecule has 7 nitrogen and oxygen atoms in total. The molecule has 3 rings (SSSR count). The van der Waals surface area contributed by atoms with Crippen LogP contribution in [0.3, 0.4) is 0 Å². The minimum absolute atomic E-state index is 0.0761. The lowest BCUT2D eigenvalue weighted by Crippen LogP contribution is -2.29. The van der Waals surface area contributed by atoms with Crippen LogP contribution in [0.4, 0.5) is 13.2 Å². The Kier molecular flexibility index (Phi) is 8.06. The number of benzene rings is 2. The first-order valence-corrected chi connectivity index (χ1v) is 10.3. The van der Waals surface area contributed by atoms with Crippen molar-refractivity contribution in [1.29, 1.82) is 0 Å². The Morgan fingerprint density at radius 1 is 0.939 bits per heavy atom. The van der Waals surface area contributed by atoms with E-state index in [0.29, 0.717) is 29.7 Å². The fourth-order valence-electron chi connectivity index (χ4n) is 2.96. The zero-order valence-corrected chi connectivity index (χ0v) is 18.4. The van der Waals surface area contributed by atoms with Crippen LogP contribution in [0.2, 0.25) is 10.0 Å². The molecule has 0 unspecified atom stereocenters. The number of carbonyl (C=O) groups is 2. The minimum atomic E-state index is -5.29. The molecule has 0 atom stereocenters. The lowest BCUT2D eigenvalue weighted by molar-refractivity contribution is -0.193. The highest BCUT2D eigenvalue weighted by Gasteiger charge is 2.43. The number of carbonyl (C=O) groups excluding carboxylic acids is 2. The van der Waals surface area contributed by atoms with Gasteiger partial charge >= 0.3 is 18.1 Å². The fraction of sp³-hybridized carbons (Fsp3) is 0.238. The summed E-state index contributed by atoms with van der Waals surface area (Å²) in [5, 5.41) is 10.6. The molecule has 33 heavy (non-hydrogen) atoms. The molecule has 12 heteroatoms. The maximum Gasteiger partial charge on any atom is 0.491 e. The van der Waals surface area contributed by atoms with Gasteiger partial charge < -0.3 is 4.74 Å². The summed E-state index contributed by atoms with van der Waals surface area (Å²) in [4.78, 5) is 25.0. The van der Waals surface area contributed by atoms with Crippen molar-refractivity contribution in [2.45, 2.75) is 25.7 Å². The Labute approximate surface area is 196 Å². The Morgan fingerprint density at radius 2 is 1.45 bits per heavy atom. The molecule has 0 radical (unpaired) electrons. The minimum Gasteiger partial charge on any atom is -0.381 e. The van der Waals surface area contributed by atoms with E-state index >= 15 is 0 Å². The van der Waals surface area contributed by atoms with Crippen molar-refractivity contribution < 1.29 is 27.5 Å². The quantitative estimate of drug-likeness (QED) is 0.359. The third kappa shape index (κ3) is 7.28. The highest BCUT2D eigenvalue weighted by molar-refractivity contribution is 6.30. The van der Waals surface area contributed by atoms with Crippen LogP contribution >= 0.6 is 23.2 Å². The van der Waals surface area contributed by atoms with E-state index in [0.717, 1.165) is 11.1 Å². The predicted molar refractivity (Wildman–Crippen MR) is 114 cm³/mol. The van der Waals surface area contributed by atoms with Gasteiger partial charge in [0.25, 0.3) is 0 Å². The molecule has 0 aliphatic rings. The fourth-order valence-corrected chi connectivity index (χ4v) is 3.21. The largest absolute Gasteiger partial charge is 0.491 e. The lowest BCUT2D eigenvalue weighted by atomic mass is 10.1. The number of aromatic amines is 1. The number of nitrogens with one attached hydrogen (secondary N) is 1. The van der Waals surface area contributed by atoms with E-state index in [1.807, 2.05) is 29.2 Å². The number of hydrogen-bond acceptors (Lipinski definition) is 6. The van der Waals surface area contributed by atoms with E-state index in [1.54, 1.807) is 24.3 Å². The molecule has 0 bridgehead atoms. The maximum atomic E-state index is 12.4. The van der Waals surface area contributed by atoms with Crippen LogP contribution in [0.1, 0.15) is 27.3 Å². The van der Waals surface area contributed by atoms with Crippen molar-refractivity contribution in [2.75, 3.05) is 6.54 Å². The van der Waals surface area contributed by atoms with Crippen LogP contribution in [0, 0.1) is 0 Å². The summed E-state index contributed by atoms with van der Waals surface area (Å²) in [6.45, 7) is 1.40. The lowest BCUT2D eigenvalue weighted by Gasteiger charge is -2.22. The Hall–Kier alpha value is -2.95. The van der Waals surface area contributed by atoms with Gasteiger partial charge in [-0.1, -0.05) is 52.7 Å². The van der Waals surface area contributed by atoms with Gasteiger partial charge in [0.2, 0.25) is 0 Å². The van der Waals surface area contributed by atoms with Gasteiger partial charge in [-0.05, 0) is 35.4 Å². The number of nitrogens with zero attached hydrogens (tertiary/aromatic N) is 3. The molecular weight excluding hydrogens is 484 g/mol. The van der Waals surface area contributed by atoms with Gasteiger partial charge in [-0.3, -0.25) is 10.00 Å². The Bertz CT molecular complexity index is 1060. The average Bonchev–Trinajstić information content (AvgIpc) is 3.23. The number of halogens is 5. The second kappa shape index (κ2) is 10.8. The highest BCUT2D eigenvalue weighted by atomic mass is 35.5. The molecule has 1 N–H and O–H groups in total. The zero-order valence-electron chi connectivity index (χ0n) is 16.9. The standard InChI is InChI=1S/C21H17Cl2F3N4O3/c22-15-5-1-13(2-6-15)11-30(12-14-3-7-16(23)8-4-14)10-9-17-18(28-29-27-17)19(31)33-20(32)21(24,25)26/h1-8H,9-12H2,(H,27,28,29). The van der Waals surface area contributed by atoms with Crippen molar-refractivity contribution >= 4 is 35.1 Å². The Morgan fingerprint density at radius 3 is 1.94 bits per heavy atom. The molecule has 0 saturated carbocycles. The van der Waals surface area contributed by atoms with E-state index in [4.69, 9.17) is 23.2 Å². The van der Waals surface area contributed by atoms with Crippen LogP contribution in [-0.4, -0.2) is 45.0 Å². The van der Waals surface area contributed by atoms with Crippen LogP contribution in [-0.2, 0) is 29.0 Å². The molecule has 174 valence electrons. The Balaban J connectivity index is 1.72. The monoisotopic (exact) mass is 500 g/mol. The number of H-pyrrole nitrogens is 1. The molecule has 0 amide bonds. The number of aromatic nitrogens is 3. The van der Waals surface area contributed by atoms with Gasteiger partial charge in [-0.2, -0.15) is 13.2 Å². The number of rotatable bonds is 8. The van der Waals surface area contributed by atoms with Crippen molar-refractivity contribution in [2.24, 2.45) is 0 Å². The second-order valence-electron chi connectivity index (χ2n) is 7.02. The molecule has 0 spiro atoms. The molecule has 0 saturated heterocycles. The summed E-state index contributed by atoms with van der Waals surface area (Å²) in [5.74, 6) is -4.11. The third-order valence-electron chi connectivity index (χ3n) is 4.55. The molecule has 2 aromatic carbocycles. The number of ether oxygens (including phenoxy) is 1. The smallest absolute Gasteiger partial charge is 0.381 e. The van der Waals surface area contributed by atoms with Crippen molar-refractivity contribution in [1.82, 2.24) is 20.3 Å². The van der Waals surface area contributed by atoms with Crippen LogP contribution in [0.5, 0.6) is 0 Å². The van der Waals surface area contributed by atoms with E-state index < -0.39 is 23.8 Å². The SMILES string of the molecule is O=C(OC(=O)C(F)(F)F)c1[nH]nnc1CCN(Cc1ccc(Cl)cc1)Cc1ccc(Cl)cc1. The van der Waals surface area contributed by atoms with Crippen LogP contribution in [0.15, 0.2) is 48.5 Å². The number of esters is 2. The van der Waals surface area contributed by atoms with Gasteiger partial charge in [0.15, 0.2) is 5.69 Å². The summed E-state index contributed by atoms with van der Waals surface area (Å²) in [6.07, 6.45) is -5.14. The van der Waals surface area contributed by atoms with Crippen LogP contribution in [0.25, 0.3) is 0 Å². The van der Waals surface area contributed by atoms with E-state index in [9.17, 15) is 22.8 Å². The van der Waals surface area contributed by atoms with Crippen molar-refractivity contribution in [3.05, 3.63) is 81.1 Å². The molecule has 3 aromatic rings. The van der Waals surface area contributed by atoms with Crippen molar-refractivity contribution in [3.8, 4) is 0 Å². The van der Waals surface area contributed by atoms with Gasteiger partial charge in [0.1, 0.15) is 0 Å². The van der Waals surface area contributed by atoms with E-state index in [1.165, 1.54) is 0 Å². The zero-order chi connectivity index (χ0) is 24.0. The van der Waals surface area contributed by atoms with E-state index in [2.05, 4.69) is 20.1 Å². The molecule has 0 fully saturated rings. The van der Waals surface area contributed by atoms with Gasteiger partial charge in [0, 0.05) is 36.1 Å². The summed E-state index contributed by atoms with van der Waals surface area (Å²) in [5.41, 5.74) is 1.62. The van der Waals surface area contributed by atoms with Crippen molar-refractivity contribution in [3.63, 3.8) is 0 Å². The first-order valence-electron chi connectivity index (χ1n) is 9.56. The third-order valence-corrected chi connectivity index (χ3v) is 5.05. The summed E-state index contributed by atoms with van der Waals surface area (Å²) >= 11 is 11.9. The first-order chi connectivity index (χ1) is 15.6. The van der Waals surface area contributed by atoms with Gasteiger partial charge in [-0.25, -0.2) is 9.59 Å². The van der Waals surface area contributed by atoms with Gasteiger partial charge in [0.05, 0.1) is 5.69 Å². The van der Waals surface area contributed by atoms with E-state index in [-0.39, 0.29) is 12.1 Å². The molecule has 1 aromatic heterocycles. The summed E-state index contributed by atoms with van der Waals surface area (Å²) < 4.78 is 41.0. The first kappa shape index (κ1) is 24.7. The number of hydrogen-bond donors (Lipinski definition) is 1. The molecule has 0 aliphatic carbocycles. The normalized spacial score (nSPS) is 11.6. The predicted octanol–water partition coefficient (Wildman–Crippen LogP) is 4.60. The molecular formula is C21H17Cl2F3N4O3.